The summed E-state index contributed by atoms with van der Waals surface area (Å²) in [6, 6.07) is 29.4. The molecule has 1 unspecified atom stereocenters. The summed E-state index contributed by atoms with van der Waals surface area (Å²) in [7, 11) is 5.28. The molecular formula is C20H20AsO2PS2. The zero-order valence-corrected chi connectivity index (χ0v) is 19.0. The number of ether oxygens (including phenoxy) is 1. The predicted molar refractivity (Wildman–Crippen MR) is 119 cm³/mol. The summed E-state index contributed by atoms with van der Waals surface area (Å²) in [5.74, 6) is 0.830. The van der Waals surface area contributed by atoms with Gasteiger partial charge in [-0.1, -0.05) is 0 Å². The molecule has 0 spiro atoms. The van der Waals surface area contributed by atoms with Crippen molar-refractivity contribution in [3.05, 3.63) is 84.9 Å². The van der Waals surface area contributed by atoms with Gasteiger partial charge in [-0.05, 0) is 0 Å². The van der Waals surface area contributed by atoms with Crippen molar-refractivity contribution < 1.29 is 9.26 Å². The second kappa shape index (κ2) is 9.26. The van der Waals surface area contributed by atoms with Gasteiger partial charge in [0, 0.05) is 0 Å². The average molecular weight is 462 g/mol. The molecule has 0 amide bonds. The van der Waals surface area contributed by atoms with Crippen molar-refractivity contribution in [1.82, 2.24) is 0 Å². The van der Waals surface area contributed by atoms with E-state index in [1.54, 1.807) is 14.2 Å². The molecule has 6 heteroatoms. The van der Waals surface area contributed by atoms with Crippen LogP contribution in [0.15, 0.2) is 84.9 Å². The van der Waals surface area contributed by atoms with Gasteiger partial charge in [-0.25, -0.2) is 0 Å². The Bertz CT molecular complexity index is 834. The molecule has 0 saturated carbocycles. The molecular weight excluding hydrogens is 442 g/mol. The van der Waals surface area contributed by atoms with Crippen molar-refractivity contribution in [3.8, 4) is 5.75 Å². The van der Waals surface area contributed by atoms with Crippen LogP contribution in [0.25, 0.3) is 0 Å². The molecule has 3 aromatic carbocycles. The second-order valence-electron chi connectivity index (χ2n) is 5.43. The maximum absolute atomic E-state index is 6.07. The van der Waals surface area contributed by atoms with Gasteiger partial charge >= 0.3 is 169 Å². The van der Waals surface area contributed by atoms with Gasteiger partial charge in [-0.15, -0.1) is 0 Å². The zero-order valence-electron chi connectivity index (χ0n) is 14.6. The molecule has 1 atom stereocenters. The fourth-order valence-electron chi connectivity index (χ4n) is 2.43. The Kier molecular flexibility index (Phi) is 7.03. The van der Waals surface area contributed by atoms with Crippen molar-refractivity contribution in [1.29, 1.82) is 0 Å². The monoisotopic (exact) mass is 462 g/mol. The molecule has 0 aliphatic rings. The van der Waals surface area contributed by atoms with Crippen LogP contribution in [0.2, 0.25) is 0 Å². The van der Waals surface area contributed by atoms with Crippen molar-refractivity contribution in [2.45, 2.75) is 0 Å². The third-order valence-corrected chi connectivity index (χ3v) is 24.6. The molecule has 0 fully saturated rings. The van der Waals surface area contributed by atoms with Gasteiger partial charge < -0.3 is 0 Å². The summed E-state index contributed by atoms with van der Waals surface area (Å²) in [4.78, 5) is 0. The molecule has 0 radical (unpaired) electrons. The van der Waals surface area contributed by atoms with E-state index in [0.717, 1.165) is 11.1 Å². The van der Waals surface area contributed by atoms with Gasteiger partial charge in [-0.2, -0.15) is 0 Å². The van der Waals surface area contributed by atoms with Crippen molar-refractivity contribution in [3.63, 3.8) is 0 Å². The minimum atomic E-state index is -2.21. The van der Waals surface area contributed by atoms with E-state index in [-0.39, 0.29) is 0 Å². The molecule has 0 aromatic heterocycles. The Morgan fingerprint density at radius 3 is 1.69 bits per heavy atom. The standard InChI is InChI=1S/C20H20AsO2PS2/c1-22-19-13-15-20(16-14-19)24(25,23-2)26-21(17-9-5-3-6-10-17)18-11-7-4-8-12-18/h3-16H,1-2H3. The molecule has 0 bridgehead atoms. The van der Waals surface area contributed by atoms with E-state index in [1.807, 2.05) is 33.9 Å². The number of methoxy groups -OCH3 is 1. The fraction of sp³-hybridized carbons (Fsp3) is 0.100. The summed E-state index contributed by atoms with van der Waals surface area (Å²) in [6.45, 7) is 0. The van der Waals surface area contributed by atoms with Crippen molar-refractivity contribution in [2.75, 3.05) is 14.2 Å². The van der Waals surface area contributed by atoms with Gasteiger partial charge in [0.2, 0.25) is 0 Å². The van der Waals surface area contributed by atoms with E-state index in [2.05, 4.69) is 60.7 Å². The average Bonchev–Trinajstić information content (AvgIpc) is 2.73. The molecule has 2 nitrogen and oxygen atoms in total. The quantitative estimate of drug-likeness (QED) is 0.393. The number of hydrogen-bond donors (Lipinski definition) is 0. The number of benzene rings is 3. The summed E-state index contributed by atoms with van der Waals surface area (Å²) in [5, 5.41) is 1.08. The van der Waals surface area contributed by atoms with E-state index >= 15 is 0 Å². The van der Waals surface area contributed by atoms with Gasteiger partial charge in [0.1, 0.15) is 0 Å². The van der Waals surface area contributed by atoms with Crippen LogP contribution in [0.4, 0.5) is 0 Å². The van der Waals surface area contributed by atoms with Gasteiger partial charge in [0.05, 0.1) is 0 Å². The van der Waals surface area contributed by atoms with E-state index in [1.165, 1.54) is 8.70 Å². The third-order valence-electron chi connectivity index (χ3n) is 3.80. The Balaban J connectivity index is 1.99. The van der Waals surface area contributed by atoms with Crippen LogP contribution in [-0.2, 0) is 16.3 Å². The van der Waals surface area contributed by atoms with Crippen LogP contribution in [0, 0.1) is 0 Å². The van der Waals surface area contributed by atoms with Gasteiger partial charge in [0.15, 0.2) is 0 Å². The first-order valence-corrected chi connectivity index (χ1v) is 16.3. The van der Waals surface area contributed by atoms with Gasteiger partial charge in [0.25, 0.3) is 0 Å². The van der Waals surface area contributed by atoms with Gasteiger partial charge in [-0.3, -0.25) is 0 Å². The first-order valence-electron chi connectivity index (χ1n) is 8.06. The van der Waals surface area contributed by atoms with Crippen LogP contribution in [0.3, 0.4) is 0 Å². The Labute approximate surface area is 168 Å². The molecule has 0 aliphatic carbocycles. The normalized spacial score (nSPS) is 13.3. The second-order valence-corrected chi connectivity index (χ2v) is 20.1. The summed E-state index contributed by atoms with van der Waals surface area (Å²) >= 11 is 4.41. The summed E-state index contributed by atoms with van der Waals surface area (Å²) in [6.07, 6.45) is 0. The number of rotatable bonds is 7. The maximum atomic E-state index is 6.07. The van der Waals surface area contributed by atoms with E-state index in [9.17, 15) is 0 Å². The van der Waals surface area contributed by atoms with Crippen molar-refractivity contribution in [2.24, 2.45) is 0 Å². The van der Waals surface area contributed by atoms with E-state index in [4.69, 9.17) is 21.1 Å². The molecule has 0 heterocycles. The summed E-state index contributed by atoms with van der Waals surface area (Å²) < 4.78 is 14.0. The van der Waals surface area contributed by atoms with Crippen LogP contribution in [-0.4, -0.2) is 27.7 Å². The molecule has 3 rings (SSSR count). The number of hydrogen-bond acceptors (Lipinski definition) is 4. The van der Waals surface area contributed by atoms with E-state index < -0.39 is 19.0 Å². The topological polar surface area (TPSA) is 18.5 Å². The predicted octanol–water partition coefficient (Wildman–Crippen LogP) is 3.82. The molecule has 0 N–H and O–H groups in total. The summed E-state index contributed by atoms with van der Waals surface area (Å²) in [5.41, 5.74) is -2.21. The zero-order chi connectivity index (χ0) is 18.4. The molecule has 3 aromatic rings. The Morgan fingerprint density at radius 2 is 1.27 bits per heavy atom. The fourth-order valence-corrected chi connectivity index (χ4v) is 23.7. The first-order chi connectivity index (χ1) is 12.7. The SMILES string of the molecule is COc1ccc(P(=S)(OC)S[As](c2ccccc2)c2ccccc2)cc1. The molecule has 26 heavy (non-hydrogen) atoms. The van der Waals surface area contributed by atoms with Crippen LogP contribution in [0.1, 0.15) is 0 Å². The molecule has 134 valence electrons. The van der Waals surface area contributed by atoms with Crippen LogP contribution < -0.4 is 18.7 Å². The third kappa shape index (κ3) is 4.63. The Morgan fingerprint density at radius 1 is 0.769 bits per heavy atom. The Hall–Kier alpha value is -1.02. The van der Waals surface area contributed by atoms with Crippen molar-refractivity contribution >= 4 is 54.4 Å². The molecule has 0 saturated heterocycles. The molecule has 0 aliphatic heterocycles. The minimum absolute atomic E-state index is 0.830. The van der Waals surface area contributed by atoms with Crippen LogP contribution >= 0.6 is 15.1 Å². The first kappa shape index (κ1) is 19.7. The van der Waals surface area contributed by atoms with E-state index in [0.29, 0.717) is 0 Å². The van der Waals surface area contributed by atoms with Crippen LogP contribution in [0.5, 0.6) is 5.75 Å².